The number of nitrogens with one attached hydrogen (secondary N) is 1. The molecule has 11 heavy (non-hydrogen) atoms. The molecule has 4 N–H and O–H groups in total. The molecular weight excluding hydrogens is 166 g/mol. The van der Waals surface area contributed by atoms with Gasteiger partial charge in [-0.05, 0) is 6.92 Å². The van der Waals surface area contributed by atoms with Crippen molar-refractivity contribution in [1.29, 1.82) is 0 Å². The zero-order chi connectivity index (χ0) is 8.59. The second-order valence-electron chi connectivity index (χ2n) is 2.72. The lowest BCUT2D eigenvalue weighted by Crippen LogP contribution is -2.60. The molecule has 0 aromatic rings. The molecule has 0 saturated carbocycles. The Kier molecular flexibility index (Phi) is 2.43. The third-order valence-electron chi connectivity index (χ3n) is 1.82. The van der Waals surface area contributed by atoms with Gasteiger partial charge in [0.1, 0.15) is 23.3 Å². The summed E-state index contributed by atoms with van der Waals surface area (Å²) in [7, 11) is 0. The zero-order valence-electron chi connectivity index (χ0n) is 6.06. The van der Waals surface area contributed by atoms with Crippen molar-refractivity contribution in [1.82, 2.24) is 5.32 Å². The van der Waals surface area contributed by atoms with Gasteiger partial charge in [0.2, 0.25) is 0 Å². The first-order valence-electron chi connectivity index (χ1n) is 3.38. The molecule has 0 radical (unpaired) electrons. The molecule has 4 nitrogen and oxygen atoms in total. The lowest BCUT2D eigenvalue weighted by atomic mass is 9.97. The van der Waals surface area contributed by atoms with Crippen LogP contribution in [0.15, 0.2) is 0 Å². The van der Waals surface area contributed by atoms with Gasteiger partial charge >= 0.3 is 0 Å². The maximum absolute atomic E-state index is 9.20. The smallest absolute Gasteiger partial charge is 0.132 e. The van der Waals surface area contributed by atoms with Gasteiger partial charge in [-0.15, -0.1) is 0 Å². The van der Waals surface area contributed by atoms with Gasteiger partial charge in [-0.25, -0.2) is 0 Å². The normalized spacial score (nSPS) is 45.3. The molecule has 4 unspecified atom stereocenters. The van der Waals surface area contributed by atoms with Crippen molar-refractivity contribution in [3.8, 4) is 0 Å². The molecule has 64 valence electrons. The van der Waals surface area contributed by atoms with E-state index in [0.717, 1.165) is 0 Å². The van der Waals surface area contributed by atoms with E-state index in [1.165, 1.54) is 0 Å². The van der Waals surface area contributed by atoms with Crippen LogP contribution in [0.25, 0.3) is 0 Å². The van der Waals surface area contributed by atoms with Gasteiger partial charge in [-0.2, -0.15) is 0 Å². The third kappa shape index (κ3) is 1.51. The highest BCUT2D eigenvalue weighted by Crippen LogP contribution is 2.11. The summed E-state index contributed by atoms with van der Waals surface area (Å²) in [4.78, 5) is 0.190. The molecule has 1 rings (SSSR count). The van der Waals surface area contributed by atoms with Crippen molar-refractivity contribution in [3.63, 3.8) is 0 Å². The van der Waals surface area contributed by atoms with E-state index < -0.39 is 18.3 Å². The third-order valence-corrected chi connectivity index (χ3v) is 2.18. The van der Waals surface area contributed by atoms with Crippen LogP contribution in [-0.2, 0) is 0 Å². The predicted molar refractivity (Wildman–Crippen MR) is 43.2 cm³/mol. The highest BCUT2D eigenvalue weighted by Gasteiger charge is 2.36. The monoisotopic (exact) mass is 177 g/mol. The van der Waals surface area contributed by atoms with E-state index in [4.69, 9.17) is 22.4 Å². The lowest BCUT2D eigenvalue weighted by Gasteiger charge is -2.35. The first kappa shape index (κ1) is 8.86. The standard InChI is InChI=1S/C6H11NO3S/c1-2-3(8)4(9)5(10)6(11)7-2/h2-5,8-10H,1H3,(H,7,11). The molecule has 0 spiro atoms. The van der Waals surface area contributed by atoms with Gasteiger partial charge in [0.15, 0.2) is 0 Å². The van der Waals surface area contributed by atoms with E-state index in [9.17, 15) is 5.11 Å². The number of aliphatic hydroxyl groups is 3. The van der Waals surface area contributed by atoms with Gasteiger partial charge in [0.05, 0.1) is 6.04 Å². The second-order valence-corrected chi connectivity index (χ2v) is 3.16. The molecule has 0 aromatic heterocycles. The zero-order valence-corrected chi connectivity index (χ0v) is 6.88. The quantitative estimate of drug-likeness (QED) is 0.335. The van der Waals surface area contributed by atoms with Crippen LogP contribution in [0.3, 0.4) is 0 Å². The highest BCUT2D eigenvalue weighted by molar-refractivity contribution is 7.80. The van der Waals surface area contributed by atoms with Crippen LogP contribution in [0, 0.1) is 0 Å². The van der Waals surface area contributed by atoms with E-state index in [-0.39, 0.29) is 11.0 Å². The topological polar surface area (TPSA) is 72.7 Å². The Bertz CT molecular complexity index is 175. The Morgan fingerprint density at radius 2 is 1.82 bits per heavy atom. The second kappa shape index (κ2) is 3.02. The van der Waals surface area contributed by atoms with Gasteiger partial charge in [0, 0.05) is 0 Å². The van der Waals surface area contributed by atoms with Crippen molar-refractivity contribution in [2.75, 3.05) is 0 Å². The van der Waals surface area contributed by atoms with Crippen LogP contribution in [0.2, 0.25) is 0 Å². The van der Waals surface area contributed by atoms with E-state index in [1.807, 2.05) is 0 Å². The average Bonchev–Trinajstić information content (AvgIpc) is 1.97. The summed E-state index contributed by atoms with van der Waals surface area (Å²) in [5.41, 5.74) is 0. The number of thiocarbonyl (C=S) groups is 1. The molecule has 0 aliphatic carbocycles. The van der Waals surface area contributed by atoms with Crippen LogP contribution in [-0.4, -0.2) is 44.7 Å². The molecule has 5 heteroatoms. The Labute approximate surface area is 69.8 Å². The fourth-order valence-electron chi connectivity index (χ4n) is 1.03. The van der Waals surface area contributed by atoms with Gasteiger partial charge in [-0.3, -0.25) is 0 Å². The van der Waals surface area contributed by atoms with Crippen molar-refractivity contribution in [2.45, 2.75) is 31.3 Å². The maximum atomic E-state index is 9.20. The largest absolute Gasteiger partial charge is 0.388 e. The first-order chi connectivity index (χ1) is 5.04. The predicted octanol–water partition coefficient (Wildman–Crippen LogP) is -1.61. The molecule has 1 aliphatic heterocycles. The van der Waals surface area contributed by atoms with Gasteiger partial charge in [-0.1, -0.05) is 12.2 Å². The number of hydrogen-bond acceptors (Lipinski definition) is 4. The Balaban J connectivity index is 2.70. The Morgan fingerprint density at radius 3 is 2.36 bits per heavy atom. The van der Waals surface area contributed by atoms with E-state index >= 15 is 0 Å². The van der Waals surface area contributed by atoms with E-state index in [2.05, 4.69) is 5.32 Å². The van der Waals surface area contributed by atoms with Crippen molar-refractivity contribution in [3.05, 3.63) is 0 Å². The van der Waals surface area contributed by atoms with Crippen molar-refractivity contribution >= 4 is 17.2 Å². The minimum Gasteiger partial charge on any atom is -0.388 e. The molecule has 1 fully saturated rings. The van der Waals surface area contributed by atoms with E-state index in [0.29, 0.717) is 0 Å². The Morgan fingerprint density at radius 1 is 1.27 bits per heavy atom. The molecule has 0 aromatic carbocycles. The molecule has 0 amide bonds. The number of aliphatic hydroxyl groups excluding tert-OH is 3. The minimum absolute atomic E-state index is 0.190. The lowest BCUT2D eigenvalue weighted by molar-refractivity contribution is -0.0564. The molecule has 0 bridgehead atoms. The van der Waals surface area contributed by atoms with Gasteiger partial charge in [0.25, 0.3) is 0 Å². The van der Waals surface area contributed by atoms with Crippen molar-refractivity contribution < 1.29 is 15.3 Å². The summed E-state index contributed by atoms with van der Waals surface area (Å²) < 4.78 is 0. The van der Waals surface area contributed by atoms with Crippen LogP contribution < -0.4 is 5.32 Å². The first-order valence-corrected chi connectivity index (χ1v) is 3.79. The summed E-state index contributed by atoms with van der Waals surface area (Å²) in [6.45, 7) is 1.69. The summed E-state index contributed by atoms with van der Waals surface area (Å²) in [6.07, 6.45) is -3.27. The maximum Gasteiger partial charge on any atom is 0.132 e. The average molecular weight is 177 g/mol. The van der Waals surface area contributed by atoms with E-state index in [1.54, 1.807) is 6.92 Å². The molecule has 1 saturated heterocycles. The molecule has 4 atom stereocenters. The number of piperidine rings is 1. The summed E-state index contributed by atoms with van der Waals surface area (Å²) in [6, 6.07) is -0.305. The van der Waals surface area contributed by atoms with Crippen LogP contribution in [0.4, 0.5) is 0 Å². The van der Waals surface area contributed by atoms with Gasteiger partial charge < -0.3 is 20.6 Å². The Hall–Kier alpha value is -0.230. The fourth-order valence-corrected chi connectivity index (χ4v) is 1.36. The SMILES string of the molecule is CC1NC(=S)C(O)C(O)C1O. The minimum atomic E-state index is -1.17. The van der Waals surface area contributed by atoms with Crippen molar-refractivity contribution in [2.24, 2.45) is 0 Å². The summed E-state index contributed by atoms with van der Waals surface area (Å²) in [5.74, 6) is 0. The number of hydrogen-bond donors (Lipinski definition) is 4. The molecule has 1 aliphatic rings. The molecular formula is C6H11NO3S. The summed E-state index contributed by atoms with van der Waals surface area (Å²) in [5, 5.41) is 30.2. The molecule has 1 heterocycles. The van der Waals surface area contributed by atoms with Crippen LogP contribution >= 0.6 is 12.2 Å². The number of rotatable bonds is 0. The van der Waals surface area contributed by atoms with Crippen LogP contribution in [0.1, 0.15) is 6.92 Å². The summed E-state index contributed by atoms with van der Waals surface area (Å²) >= 11 is 4.70. The van der Waals surface area contributed by atoms with Crippen LogP contribution in [0.5, 0.6) is 0 Å². The highest BCUT2D eigenvalue weighted by atomic mass is 32.1. The fraction of sp³-hybridized carbons (Fsp3) is 0.833.